The Morgan fingerprint density at radius 3 is 2.08 bits per heavy atom. The fourth-order valence-corrected chi connectivity index (χ4v) is 4.59. The van der Waals surface area contributed by atoms with Crippen LogP contribution in [0.3, 0.4) is 0 Å². The normalized spacial score (nSPS) is 11.5. The van der Waals surface area contributed by atoms with Crippen molar-refractivity contribution in [3.8, 4) is 0 Å². The summed E-state index contributed by atoms with van der Waals surface area (Å²) in [6, 6.07) is 16.1. The van der Waals surface area contributed by atoms with E-state index in [0.29, 0.717) is 0 Å². The first-order valence-electron chi connectivity index (χ1n) is 9.39. The zero-order valence-corrected chi connectivity index (χ0v) is 16.8. The van der Waals surface area contributed by atoms with Crippen LogP contribution in [0, 0.1) is 0 Å². The lowest BCUT2D eigenvalue weighted by molar-refractivity contribution is 0.192. The number of rotatable bonds is 12. The number of ether oxygens (including phenoxy) is 2. The van der Waals surface area contributed by atoms with Gasteiger partial charge in [0.15, 0.2) is 10.6 Å². The van der Waals surface area contributed by atoms with E-state index in [2.05, 4.69) is 12.1 Å². The first kappa shape index (κ1) is 20.8. The number of aryl methyl sites for hydroxylation is 1. The van der Waals surface area contributed by atoms with Crippen molar-refractivity contribution >= 4 is 18.4 Å². The van der Waals surface area contributed by atoms with Gasteiger partial charge in [0.05, 0.1) is 0 Å². The molecule has 0 saturated carbocycles. The molecule has 3 nitrogen and oxygen atoms in total. The lowest BCUT2D eigenvalue weighted by Crippen LogP contribution is -2.15. The van der Waals surface area contributed by atoms with E-state index >= 15 is 0 Å². The Balaban J connectivity index is 2.22. The summed E-state index contributed by atoms with van der Waals surface area (Å²) in [5.74, 6) is 0. The van der Waals surface area contributed by atoms with E-state index in [0.717, 1.165) is 62.3 Å². The van der Waals surface area contributed by atoms with E-state index in [4.69, 9.17) is 9.47 Å². The molecule has 0 saturated heterocycles. The minimum absolute atomic E-state index is 0.774. The zero-order chi connectivity index (χ0) is 18.6. The predicted molar refractivity (Wildman–Crippen MR) is 109 cm³/mol. The third kappa shape index (κ3) is 6.32. The van der Waals surface area contributed by atoms with Crippen LogP contribution < -0.4 is 10.6 Å². The molecule has 0 aliphatic rings. The molecule has 0 amide bonds. The highest BCUT2D eigenvalue weighted by Crippen LogP contribution is 2.25. The van der Waals surface area contributed by atoms with Crippen LogP contribution in [0.1, 0.15) is 36.8 Å². The summed E-state index contributed by atoms with van der Waals surface area (Å²) in [6.45, 7) is 1.57. The van der Waals surface area contributed by atoms with Crippen LogP contribution in [0.2, 0.25) is 0 Å². The Labute approximate surface area is 158 Å². The van der Waals surface area contributed by atoms with Gasteiger partial charge in [-0.15, -0.1) is 0 Å². The van der Waals surface area contributed by atoms with Crippen molar-refractivity contribution in [3.05, 3.63) is 59.7 Å². The highest BCUT2D eigenvalue weighted by Gasteiger charge is 2.27. The Hall–Kier alpha value is -1.54. The van der Waals surface area contributed by atoms with Crippen molar-refractivity contribution in [1.29, 1.82) is 0 Å². The first-order chi connectivity index (χ1) is 12.8. The van der Waals surface area contributed by atoms with Gasteiger partial charge in [0.2, 0.25) is 0 Å². The highest BCUT2D eigenvalue weighted by molar-refractivity contribution is 7.61. The molecule has 0 heterocycles. The lowest BCUT2D eigenvalue weighted by atomic mass is 9.98. The number of hydrogen-bond acceptors (Lipinski definition) is 3. The molecule has 2 rings (SSSR count). The van der Waals surface area contributed by atoms with Crippen LogP contribution in [0.5, 0.6) is 0 Å². The number of hydrogen-bond donors (Lipinski definition) is 0. The Morgan fingerprint density at radius 2 is 1.42 bits per heavy atom. The molecule has 0 aromatic heterocycles. The Bertz CT molecular complexity index is 670. The molecule has 26 heavy (non-hydrogen) atoms. The monoisotopic (exact) mass is 373 g/mol. The molecule has 2 aromatic carbocycles. The Morgan fingerprint density at radius 1 is 0.769 bits per heavy atom. The predicted octanol–water partition coefficient (Wildman–Crippen LogP) is 4.40. The largest absolute Gasteiger partial charge is 0.415 e. The quantitative estimate of drug-likeness (QED) is 0.409. The maximum Gasteiger partial charge on any atom is 0.415 e. The molecule has 1 unspecified atom stereocenters. The van der Waals surface area contributed by atoms with Crippen molar-refractivity contribution in [3.63, 3.8) is 0 Å². The molecule has 0 fully saturated rings. The fourth-order valence-electron chi connectivity index (χ4n) is 3.15. The maximum atomic E-state index is 13.2. The van der Waals surface area contributed by atoms with Gasteiger partial charge in [-0.05, 0) is 62.3 Å². The van der Waals surface area contributed by atoms with Gasteiger partial charge >= 0.3 is 7.80 Å². The van der Waals surface area contributed by atoms with Crippen molar-refractivity contribution in [2.75, 3.05) is 27.4 Å². The molecular weight excluding hydrogens is 343 g/mol. The fraction of sp³-hybridized carbons (Fsp3) is 0.455. The average Bonchev–Trinajstić information content (AvgIpc) is 2.69. The third-order valence-electron chi connectivity index (χ3n) is 4.53. The molecule has 2 aromatic rings. The van der Waals surface area contributed by atoms with Gasteiger partial charge in [-0.1, -0.05) is 34.9 Å². The molecule has 140 valence electrons. The van der Waals surface area contributed by atoms with E-state index in [9.17, 15) is 4.57 Å². The second-order valence-corrected chi connectivity index (χ2v) is 8.03. The molecule has 0 aliphatic carbocycles. The molecule has 0 aliphatic heterocycles. The number of unbranched alkanes of at least 4 members (excludes halogenated alkanes) is 2. The summed E-state index contributed by atoms with van der Waals surface area (Å²) >= 11 is 0. The minimum Gasteiger partial charge on any atom is -0.385 e. The first-order valence-corrected chi connectivity index (χ1v) is 10.6. The van der Waals surface area contributed by atoms with Gasteiger partial charge in [0.25, 0.3) is 0 Å². The third-order valence-corrected chi connectivity index (χ3v) is 6.15. The van der Waals surface area contributed by atoms with Crippen molar-refractivity contribution in [2.45, 2.75) is 38.5 Å². The van der Waals surface area contributed by atoms with Crippen molar-refractivity contribution in [1.82, 2.24) is 0 Å². The lowest BCUT2D eigenvalue weighted by Gasteiger charge is -2.10. The van der Waals surface area contributed by atoms with Gasteiger partial charge in [-0.2, -0.15) is 0 Å². The van der Waals surface area contributed by atoms with E-state index in [1.54, 1.807) is 14.2 Å². The van der Waals surface area contributed by atoms with E-state index < -0.39 is 7.80 Å². The van der Waals surface area contributed by atoms with E-state index in [1.165, 1.54) is 11.1 Å². The molecule has 0 bridgehead atoms. The average molecular weight is 373 g/mol. The maximum absolute atomic E-state index is 13.2. The molecule has 1 atom stereocenters. The number of benzene rings is 2. The second kappa shape index (κ2) is 12.0. The van der Waals surface area contributed by atoms with E-state index in [-0.39, 0.29) is 0 Å². The molecular formula is C22H30O3P+. The summed E-state index contributed by atoms with van der Waals surface area (Å²) in [5.41, 5.74) is 2.60. The standard InChI is InChI=1S/C22H30O3P/c1-24-17-8-6-11-19-12-10-16-22(21(19)15-7-9-18-25-2)26(23)20-13-4-3-5-14-20/h3-5,10,12-14,16H,6-9,11,15,17-18H2,1-2H3/q+1. The highest BCUT2D eigenvalue weighted by atomic mass is 31.1. The SMILES string of the molecule is COCCCCc1cccc([P+](=O)c2ccccc2)c1CCCCOC. The molecule has 0 spiro atoms. The zero-order valence-electron chi connectivity index (χ0n) is 15.9. The molecule has 4 heteroatoms. The minimum atomic E-state index is -1.56. The van der Waals surface area contributed by atoms with Gasteiger partial charge < -0.3 is 9.47 Å². The van der Waals surface area contributed by atoms with Crippen LogP contribution in [0.4, 0.5) is 0 Å². The van der Waals surface area contributed by atoms with Gasteiger partial charge in [-0.25, -0.2) is 0 Å². The van der Waals surface area contributed by atoms with Crippen LogP contribution in [0.15, 0.2) is 48.5 Å². The van der Waals surface area contributed by atoms with Gasteiger partial charge in [-0.3, -0.25) is 0 Å². The van der Waals surface area contributed by atoms with Crippen LogP contribution in [-0.4, -0.2) is 27.4 Å². The topological polar surface area (TPSA) is 35.5 Å². The van der Waals surface area contributed by atoms with E-state index in [1.807, 2.05) is 36.4 Å². The van der Waals surface area contributed by atoms with Crippen molar-refractivity contribution in [2.24, 2.45) is 0 Å². The number of methoxy groups -OCH3 is 2. The van der Waals surface area contributed by atoms with Gasteiger partial charge in [0.1, 0.15) is 0 Å². The van der Waals surface area contributed by atoms with Crippen molar-refractivity contribution < 1.29 is 14.0 Å². The van der Waals surface area contributed by atoms with Crippen LogP contribution >= 0.6 is 7.80 Å². The molecule has 0 radical (unpaired) electrons. The summed E-state index contributed by atoms with van der Waals surface area (Å²) < 4.78 is 23.5. The van der Waals surface area contributed by atoms with Gasteiger partial charge in [0, 0.05) is 33.0 Å². The smallest absolute Gasteiger partial charge is 0.385 e. The van der Waals surface area contributed by atoms with Crippen LogP contribution in [0.25, 0.3) is 0 Å². The summed E-state index contributed by atoms with van der Waals surface area (Å²) in [7, 11) is 1.92. The summed E-state index contributed by atoms with van der Waals surface area (Å²) in [4.78, 5) is 0. The summed E-state index contributed by atoms with van der Waals surface area (Å²) in [6.07, 6.45) is 6.17. The molecule has 0 N–H and O–H groups in total. The second-order valence-electron chi connectivity index (χ2n) is 6.44. The summed E-state index contributed by atoms with van der Waals surface area (Å²) in [5, 5.41) is 1.89. The van der Waals surface area contributed by atoms with Crippen LogP contribution in [-0.2, 0) is 26.9 Å². The Kier molecular flexibility index (Phi) is 9.55.